The molecule has 114 valence electrons. The summed E-state index contributed by atoms with van der Waals surface area (Å²) in [6.45, 7) is 12.3. The van der Waals surface area contributed by atoms with Crippen molar-refractivity contribution in [3.05, 3.63) is 16.1 Å². The molecular formula is C16H29N3S. The average molecular weight is 295 g/mol. The third-order valence-electron chi connectivity index (χ3n) is 4.10. The molecule has 1 aromatic rings. The number of hydrogen-bond acceptors (Lipinski definition) is 4. The van der Waals surface area contributed by atoms with Crippen LogP contribution in [0.25, 0.3) is 0 Å². The van der Waals surface area contributed by atoms with Crippen molar-refractivity contribution >= 4 is 11.3 Å². The van der Waals surface area contributed by atoms with E-state index in [9.17, 15) is 0 Å². The smallest absolute Gasteiger partial charge is 0.0982 e. The van der Waals surface area contributed by atoms with E-state index in [4.69, 9.17) is 10.7 Å². The molecule has 0 amide bonds. The van der Waals surface area contributed by atoms with Crippen LogP contribution in [0.4, 0.5) is 0 Å². The molecule has 2 N–H and O–H groups in total. The summed E-state index contributed by atoms with van der Waals surface area (Å²) in [5, 5.41) is 3.44. The Morgan fingerprint density at radius 1 is 1.35 bits per heavy atom. The Balaban J connectivity index is 2.32. The fourth-order valence-electron chi connectivity index (χ4n) is 2.95. The monoisotopic (exact) mass is 295 g/mol. The van der Waals surface area contributed by atoms with Gasteiger partial charge in [0.2, 0.25) is 0 Å². The topological polar surface area (TPSA) is 42.1 Å². The van der Waals surface area contributed by atoms with Crippen molar-refractivity contribution < 1.29 is 0 Å². The van der Waals surface area contributed by atoms with E-state index in [1.165, 1.54) is 23.5 Å². The normalized spacial score (nSPS) is 25.9. The maximum Gasteiger partial charge on any atom is 0.0982 e. The largest absolute Gasteiger partial charge is 0.326 e. The molecule has 1 aromatic heterocycles. The second-order valence-electron chi connectivity index (χ2n) is 7.26. The molecule has 2 atom stereocenters. The highest BCUT2D eigenvalue weighted by Crippen LogP contribution is 2.34. The van der Waals surface area contributed by atoms with E-state index in [2.05, 4.69) is 44.9 Å². The predicted molar refractivity (Wildman–Crippen MR) is 87.2 cm³/mol. The van der Waals surface area contributed by atoms with Gasteiger partial charge < -0.3 is 5.73 Å². The lowest BCUT2D eigenvalue weighted by molar-refractivity contribution is 0.141. The highest BCUT2D eigenvalue weighted by molar-refractivity contribution is 7.09. The van der Waals surface area contributed by atoms with Gasteiger partial charge in [0.1, 0.15) is 0 Å². The fourth-order valence-corrected chi connectivity index (χ4v) is 3.89. The molecule has 1 aliphatic heterocycles. The van der Waals surface area contributed by atoms with Crippen molar-refractivity contribution in [1.29, 1.82) is 0 Å². The van der Waals surface area contributed by atoms with Crippen LogP contribution in [0.1, 0.15) is 70.6 Å². The van der Waals surface area contributed by atoms with Crippen molar-refractivity contribution in [3.8, 4) is 0 Å². The highest BCUT2D eigenvalue weighted by Gasteiger charge is 2.32. The molecule has 2 rings (SSSR count). The first-order chi connectivity index (χ1) is 9.30. The van der Waals surface area contributed by atoms with Gasteiger partial charge in [-0.05, 0) is 33.2 Å². The van der Waals surface area contributed by atoms with Gasteiger partial charge in [0.05, 0.1) is 16.7 Å². The molecule has 1 fully saturated rings. The van der Waals surface area contributed by atoms with Gasteiger partial charge in [0.25, 0.3) is 0 Å². The van der Waals surface area contributed by atoms with E-state index < -0.39 is 0 Å². The van der Waals surface area contributed by atoms with Crippen LogP contribution in [-0.4, -0.2) is 28.5 Å². The molecule has 20 heavy (non-hydrogen) atoms. The van der Waals surface area contributed by atoms with Gasteiger partial charge in [-0.15, -0.1) is 11.3 Å². The van der Waals surface area contributed by atoms with E-state index in [-0.39, 0.29) is 17.5 Å². The van der Waals surface area contributed by atoms with Crippen LogP contribution in [0.3, 0.4) is 0 Å². The minimum absolute atomic E-state index is 0.125. The lowest BCUT2D eigenvalue weighted by Crippen LogP contribution is -2.43. The van der Waals surface area contributed by atoms with Crippen molar-refractivity contribution in [2.24, 2.45) is 5.73 Å². The quantitative estimate of drug-likeness (QED) is 0.904. The minimum atomic E-state index is 0.125. The lowest BCUT2D eigenvalue weighted by Gasteiger charge is -2.35. The molecule has 0 saturated carbocycles. The number of nitrogens with zero attached hydrogens (tertiary/aromatic N) is 2. The Morgan fingerprint density at radius 3 is 2.60 bits per heavy atom. The van der Waals surface area contributed by atoms with E-state index >= 15 is 0 Å². The van der Waals surface area contributed by atoms with E-state index in [0.29, 0.717) is 6.04 Å². The zero-order valence-corrected chi connectivity index (χ0v) is 14.3. The second-order valence-corrected chi connectivity index (χ2v) is 8.12. The van der Waals surface area contributed by atoms with Crippen LogP contribution in [-0.2, 0) is 5.41 Å². The number of thiazole rings is 1. The summed E-state index contributed by atoms with van der Waals surface area (Å²) in [6, 6.07) is 1.00. The van der Waals surface area contributed by atoms with Crippen LogP contribution < -0.4 is 5.73 Å². The van der Waals surface area contributed by atoms with Crippen LogP contribution in [0.2, 0.25) is 0 Å². The first-order valence-corrected chi connectivity index (χ1v) is 8.66. The molecular weight excluding hydrogens is 266 g/mol. The molecule has 2 unspecified atom stereocenters. The highest BCUT2D eigenvalue weighted by atomic mass is 32.1. The standard InChI is InChI=1S/C16H29N3S/c1-11(2)19-9-7-6-8-12(17)14(19)13-10-20-15(18-13)16(3,4)5/h10-12,14H,6-9,17H2,1-5H3. The average Bonchev–Trinajstić information content (AvgIpc) is 2.73. The molecule has 0 aliphatic carbocycles. The Morgan fingerprint density at radius 2 is 2.05 bits per heavy atom. The Hall–Kier alpha value is -0.450. The first-order valence-electron chi connectivity index (χ1n) is 7.78. The van der Waals surface area contributed by atoms with Crippen molar-refractivity contribution in [2.45, 2.75) is 77.4 Å². The summed E-state index contributed by atoms with van der Waals surface area (Å²) in [4.78, 5) is 7.47. The third-order valence-corrected chi connectivity index (χ3v) is 5.38. The summed E-state index contributed by atoms with van der Waals surface area (Å²) in [5.74, 6) is 0. The van der Waals surface area contributed by atoms with Crippen LogP contribution >= 0.6 is 11.3 Å². The zero-order chi connectivity index (χ0) is 14.9. The van der Waals surface area contributed by atoms with Crippen molar-refractivity contribution in [1.82, 2.24) is 9.88 Å². The summed E-state index contributed by atoms with van der Waals surface area (Å²) < 4.78 is 0. The lowest BCUT2D eigenvalue weighted by atomic mass is 9.97. The fraction of sp³-hybridized carbons (Fsp3) is 0.812. The van der Waals surface area contributed by atoms with Gasteiger partial charge in [0, 0.05) is 22.9 Å². The number of hydrogen-bond donors (Lipinski definition) is 1. The molecule has 1 aliphatic rings. The second kappa shape index (κ2) is 6.12. The molecule has 0 aromatic carbocycles. The predicted octanol–water partition coefficient (Wildman–Crippen LogP) is 3.70. The maximum atomic E-state index is 6.48. The van der Waals surface area contributed by atoms with Gasteiger partial charge in [-0.3, -0.25) is 4.90 Å². The molecule has 1 saturated heterocycles. The van der Waals surface area contributed by atoms with Crippen molar-refractivity contribution in [2.75, 3.05) is 6.54 Å². The molecule has 0 spiro atoms. The van der Waals surface area contributed by atoms with E-state index in [0.717, 1.165) is 13.0 Å². The third kappa shape index (κ3) is 3.41. The van der Waals surface area contributed by atoms with Gasteiger partial charge in [0.15, 0.2) is 0 Å². The summed E-state index contributed by atoms with van der Waals surface area (Å²) in [6.07, 6.45) is 3.59. The zero-order valence-electron chi connectivity index (χ0n) is 13.5. The summed E-state index contributed by atoms with van der Waals surface area (Å²) in [7, 11) is 0. The van der Waals surface area contributed by atoms with Gasteiger partial charge in [-0.2, -0.15) is 0 Å². The maximum absolute atomic E-state index is 6.48. The Labute approximate surface area is 127 Å². The van der Waals surface area contributed by atoms with Crippen LogP contribution in [0.15, 0.2) is 5.38 Å². The number of nitrogens with two attached hydrogens (primary N) is 1. The van der Waals surface area contributed by atoms with E-state index in [1.54, 1.807) is 11.3 Å². The number of aromatic nitrogens is 1. The molecule has 0 bridgehead atoms. The summed E-state index contributed by atoms with van der Waals surface area (Å²) >= 11 is 1.78. The van der Waals surface area contributed by atoms with Crippen LogP contribution in [0.5, 0.6) is 0 Å². The van der Waals surface area contributed by atoms with E-state index in [1.807, 2.05) is 0 Å². The molecule has 2 heterocycles. The van der Waals surface area contributed by atoms with Crippen LogP contribution in [0, 0.1) is 0 Å². The Kier molecular flexibility index (Phi) is 4.88. The number of rotatable bonds is 2. The Bertz CT molecular complexity index is 433. The molecule has 4 heteroatoms. The summed E-state index contributed by atoms with van der Waals surface area (Å²) in [5.41, 5.74) is 7.79. The minimum Gasteiger partial charge on any atom is -0.326 e. The molecule has 3 nitrogen and oxygen atoms in total. The SMILES string of the molecule is CC(C)N1CCCCC(N)C1c1csc(C(C)(C)C)n1. The van der Waals surface area contributed by atoms with Gasteiger partial charge in [-0.1, -0.05) is 27.2 Å². The molecule has 0 radical (unpaired) electrons. The van der Waals surface area contributed by atoms with Gasteiger partial charge >= 0.3 is 0 Å². The first kappa shape index (κ1) is 15.9. The number of likely N-dealkylation sites (tertiary alicyclic amines) is 1. The van der Waals surface area contributed by atoms with Crippen molar-refractivity contribution in [3.63, 3.8) is 0 Å². The van der Waals surface area contributed by atoms with Gasteiger partial charge in [-0.25, -0.2) is 4.98 Å².